The van der Waals surface area contributed by atoms with Crippen LogP contribution in [-0.4, -0.2) is 77.8 Å². The predicted molar refractivity (Wildman–Crippen MR) is 121 cm³/mol. The summed E-state index contributed by atoms with van der Waals surface area (Å²) in [6.45, 7) is 14.9. The fourth-order valence-corrected chi connectivity index (χ4v) is 5.44. The Morgan fingerprint density at radius 1 is 0.706 bits per heavy atom. The molecule has 3 rings (SSSR count). The number of rotatable bonds is 7. The zero-order valence-corrected chi connectivity index (χ0v) is 21.6. The lowest BCUT2D eigenvalue weighted by Gasteiger charge is -2.49. The molecule has 2 fully saturated rings. The van der Waals surface area contributed by atoms with E-state index in [9.17, 15) is 10.4 Å². The van der Waals surface area contributed by atoms with E-state index in [4.69, 9.17) is 19.3 Å². The number of hydrogen-bond donors (Lipinski definition) is 1. The van der Waals surface area contributed by atoms with Crippen molar-refractivity contribution in [2.75, 3.05) is 13.2 Å². The van der Waals surface area contributed by atoms with E-state index in [1.54, 1.807) is 0 Å². The molecule has 1 aromatic heterocycles. The van der Waals surface area contributed by atoms with Gasteiger partial charge in [0, 0.05) is 47.8 Å². The molecule has 11 heteroatoms. The maximum Gasteiger partial charge on any atom is 0.326 e. The summed E-state index contributed by atoms with van der Waals surface area (Å²) < 4.78 is 17.7. The van der Waals surface area contributed by atoms with E-state index < -0.39 is 22.2 Å². The molecule has 0 bridgehead atoms. The Labute approximate surface area is 202 Å². The van der Waals surface area contributed by atoms with Crippen LogP contribution in [0.25, 0.3) is 0 Å². The zero-order chi connectivity index (χ0) is 25.5. The van der Waals surface area contributed by atoms with Crippen molar-refractivity contribution in [3.05, 3.63) is 0 Å². The minimum Gasteiger partial charge on any atom is -0.461 e. The van der Waals surface area contributed by atoms with Crippen molar-refractivity contribution < 1.29 is 29.7 Å². The van der Waals surface area contributed by atoms with E-state index in [2.05, 4.69) is 15.0 Å². The lowest BCUT2D eigenvalue weighted by atomic mass is 9.80. The van der Waals surface area contributed by atoms with Crippen LogP contribution in [0.1, 0.15) is 81.1 Å². The van der Waals surface area contributed by atoms with Gasteiger partial charge in [0.05, 0.1) is 6.61 Å². The second-order valence-electron chi connectivity index (χ2n) is 11.9. The van der Waals surface area contributed by atoms with Crippen molar-refractivity contribution in [1.82, 2.24) is 25.1 Å². The molecular formula is C23H39N5O6. The number of hydrogen-bond acceptors (Lipinski definition) is 9. The molecule has 0 aromatic carbocycles. The molecule has 1 N–H and O–H groups in total. The van der Waals surface area contributed by atoms with Gasteiger partial charge >= 0.3 is 18.0 Å². The number of ether oxygens (including phenoxy) is 3. The SMILES string of the molecule is CC1(C)CC(Oc2nc(OCCO)nc(OC3CC(C)(C)N([O])C(C)(C)C3)n2)CC(C)(C)N1[O]. The number of nitrogens with zero attached hydrogens (tertiary/aromatic N) is 5. The third-order valence-corrected chi connectivity index (χ3v) is 6.55. The molecule has 0 spiro atoms. The Morgan fingerprint density at radius 2 is 1.03 bits per heavy atom. The van der Waals surface area contributed by atoms with Crippen LogP contribution in [0.4, 0.5) is 0 Å². The van der Waals surface area contributed by atoms with Gasteiger partial charge in [0.15, 0.2) is 0 Å². The third kappa shape index (κ3) is 5.88. The highest BCUT2D eigenvalue weighted by Crippen LogP contribution is 2.40. The predicted octanol–water partition coefficient (Wildman–Crippen LogP) is 2.73. The molecule has 2 saturated heterocycles. The summed E-state index contributed by atoms with van der Waals surface area (Å²) in [5, 5.41) is 36.7. The molecule has 34 heavy (non-hydrogen) atoms. The van der Waals surface area contributed by atoms with Gasteiger partial charge in [-0.2, -0.15) is 0 Å². The largest absolute Gasteiger partial charge is 0.461 e. The maximum absolute atomic E-state index is 12.7. The number of aliphatic hydroxyl groups is 1. The zero-order valence-electron chi connectivity index (χ0n) is 21.6. The van der Waals surface area contributed by atoms with Crippen molar-refractivity contribution >= 4 is 0 Å². The summed E-state index contributed by atoms with van der Waals surface area (Å²) >= 11 is 0. The Hall–Kier alpha value is -1.79. The smallest absolute Gasteiger partial charge is 0.326 e. The second kappa shape index (κ2) is 9.34. The molecule has 2 radical (unpaired) electrons. The summed E-state index contributed by atoms with van der Waals surface area (Å²) in [4.78, 5) is 12.8. The molecule has 192 valence electrons. The van der Waals surface area contributed by atoms with Gasteiger partial charge in [-0.15, -0.1) is 35.5 Å². The minimum absolute atomic E-state index is 0.00611. The number of aliphatic hydroxyl groups excluding tert-OH is 1. The van der Waals surface area contributed by atoms with Crippen molar-refractivity contribution in [2.24, 2.45) is 0 Å². The minimum atomic E-state index is -0.613. The molecule has 11 nitrogen and oxygen atoms in total. The van der Waals surface area contributed by atoms with Crippen LogP contribution >= 0.6 is 0 Å². The van der Waals surface area contributed by atoms with Gasteiger partial charge in [0.25, 0.3) is 0 Å². The Balaban J connectivity index is 1.83. The van der Waals surface area contributed by atoms with Crippen LogP contribution in [0.5, 0.6) is 18.0 Å². The first kappa shape index (κ1) is 26.8. The fourth-order valence-electron chi connectivity index (χ4n) is 5.44. The molecule has 0 amide bonds. The molecule has 0 unspecified atom stereocenters. The first-order chi connectivity index (χ1) is 15.6. The molecule has 2 aliphatic rings. The Morgan fingerprint density at radius 3 is 1.35 bits per heavy atom. The fraction of sp³-hybridized carbons (Fsp3) is 0.870. The van der Waals surface area contributed by atoms with Gasteiger partial charge in [-0.05, 0) is 55.4 Å². The van der Waals surface area contributed by atoms with Crippen LogP contribution in [-0.2, 0) is 10.4 Å². The van der Waals surface area contributed by atoms with Crippen LogP contribution in [0, 0.1) is 0 Å². The van der Waals surface area contributed by atoms with Gasteiger partial charge in [-0.1, -0.05) is 0 Å². The highest BCUT2D eigenvalue weighted by atomic mass is 16.5. The van der Waals surface area contributed by atoms with Gasteiger partial charge in [0.1, 0.15) is 18.8 Å². The quantitative estimate of drug-likeness (QED) is 0.624. The summed E-state index contributed by atoms with van der Waals surface area (Å²) in [5.74, 6) is 0. The topological polar surface area (TPSA) is 133 Å². The second-order valence-corrected chi connectivity index (χ2v) is 11.9. The summed E-state index contributed by atoms with van der Waals surface area (Å²) in [5.41, 5.74) is -2.45. The van der Waals surface area contributed by atoms with E-state index in [0.29, 0.717) is 25.7 Å². The van der Waals surface area contributed by atoms with Crippen LogP contribution in [0.3, 0.4) is 0 Å². The molecule has 0 saturated carbocycles. The average Bonchev–Trinajstić information content (AvgIpc) is 2.67. The number of aromatic nitrogens is 3. The first-order valence-electron chi connectivity index (χ1n) is 11.8. The molecular weight excluding hydrogens is 442 g/mol. The lowest BCUT2D eigenvalue weighted by molar-refractivity contribution is -0.297. The van der Waals surface area contributed by atoms with Crippen LogP contribution < -0.4 is 14.2 Å². The van der Waals surface area contributed by atoms with E-state index >= 15 is 0 Å². The van der Waals surface area contributed by atoms with E-state index in [-0.39, 0.29) is 43.5 Å². The van der Waals surface area contributed by atoms with Gasteiger partial charge in [0.2, 0.25) is 0 Å². The summed E-state index contributed by atoms with van der Waals surface area (Å²) in [7, 11) is 0. The van der Waals surface area contributed by atoms with Crippen molar-refractivity contribution in [1.29, 1.82) is 0 Å². The molecule has 0 aliphatic carbocycles. The van der Waals surface area contributed by atoms with Crippen molar-refractivity contribution in [3.8, 4) is 18.0 Å². The number of hydroxylamine groups is 4. The average molecular weight is 482 g/mol. The van der Waals surface area contributed by atoms with Gasteiger partial charge in [-0.3, -0.25) is 0 Å². The normalized spacial score (nSPS) is 25.1. The highest BCUT2D eigenvalue weighted by molar-refractivity contribution is 5.11. The van der Waals surface area contributed by atoms with Crippen molar-refractivity contribution in [2.45, 2.75) is 115 Å². The number of piperidine rings is 2. The Kier molecular flexibility index (Phi) is 7.37. The summed E-state index contributed by atoms with van der Waals surface area (Å²) in [6.07, 6.45) is 1.41. The monoisotopic (exact) mass is 481 g/mol. The van der Waals surface area contributed by atoms with Crippen LogP contribution in [0.15, 0.2) is 0 Å². The highest BCUT2D eigenvalue weighted by Gasteiger charge is 2.48. The first-order valence-corrected chi connectivity index (χ1v) is 11.8. The van der Waals surface area contributed by atoms with Gasteiger partial charge < -0.3 is 19.3 Å². The standard InChI is InChI=1S/C23H39N5O6/c1-20(2)11-15(12-21(3,4)27(20)30)33-18-24-17(32-10-9-29)25-19(26-18)34-16-13-22(5,6)28(31)23(7,8)14-16/h15-16,29H,9-14H2,1-8H3. The van der Waals surface area contributed by atoms with Crippen LogP contribution in [0.2, 0.25) is 0 Å². The molecule has 1 aromatic rings. The third-order valence-electron chi connectivity index (χ3n) is 6.55. The Bertz CT molecular complexity index is 764. The summed E-state index contributed by atoms with van der Waals surface area (Å²) in [6, 6.07) is 0.0518. The lowest BCUT2D eigenvalue weighted by Crippen LogP contribution is -2.60. The molecule has 3 heterocycles. The van der Waals surface area contributed by atoms with E-state index in [1.165, 1.54) is 0 Å². The van der Waals surface area contributed by atoms with Crippen molar-refractivity contribution in [3.63, 3.8) is 0 Å². The molecule has 0 atom stereocenters. The molecule has 2 aliphatic heterocycles. The van der Waals surface area contributed by atoms with Gasteiger partial charge in [-0.25, -0.2) is 0 Å². The van der Waals surface area contributed by atoms with E-state index in [1.807, 2.05) is 55.4 Å². The maximum atomic E-state index is 12.7. The van der Waals surface area contributed by atoms with E-state index in [0.717, 1.165) is 10.1 Å².